The van der Waals surface area contributed by atoms with Crippen molar-refractivity contribution in [2.45, 2.75) is 46.3 Å². The van der Waals surface area contributed by atoms with Crippen molar-refractivity contribution < 1.29 is 27.5 Å². The minimum atomic E-state index is -4.45. The summed E-state index contributed by atoms with van der Waals surface area (Å²) in [4.78, 5) is 28.0. The van der Waals surface area contributed by atoms with E-state index in [9.17, 15) is 22.8 Å². The number of hydrogen-bond donors (Lipinski definition) is 3. The number of ether oxygens (including phenoxy) is 1. The molecule has 2 amide bonds. The Balaban J connectivity index is 2.86. The summed E-state index contributed by atoms with van der Waals surface area (Å²) in [5, 5.41) is 5.25. The van der Waals surface area contributed by atoms with Gasteiger partial charge in [0, 0.05) is 24.3 Å². The van der Waals surface area contributed by atoms with Gasteiger partial charge < -0.3 is 21.1 Å². The number of carbonyl (C=O) groups excluding carboxylic acids is 2. The van der Waals surface area contributed by atoms with Crippen molar-refractivity contribution in [1.82, 2.24) is 15.6 Å². The van der Waals surface area contributed by atoms with Gasteiger partial charge in [0.15, 0.2) is 6.61 Å². The smallest absolute Gasteiger partial charge is 0.422 e. The van der Waals surface area contributed by atoms with Gasteiger partial charge in [0.1, 0.15) is 5.82 Å². The van der Waals surface area contributed by atoms with E-state index in [1.807, 2.05) is 13.8 Å². The van der Waals surface area contributed by atoms with Crippen molar-refractivity contribution in [3.63, 3.8) is 0 Å². The van der Waals surface area contributed by atoms with Gasteiger partial charge in [-0.3, -0.25) is 9.59 Å². The van der Waals surface area contributed by atoms with Crippen LogP contribution in [0.4, 0.5) is 13.2 Å². The average molecular weight is 428 g/mol. The van der Waals surface area contributed by atoms with Crippen molar-refractivity contribution in [2.75, 3.05) is 6.61 Å². The molecule has 4 N–H and O–H groups in total. The van der Waals surface area contributed by atoms with Gasteiger partial charge in [0.05, 0.1) is 6.04 Å². The predicted molar refractivity (Wildman–Crippen MR) is 106 cm³/mol. The summed E-state index contributed by atoms with van der Waals surface area (Å²) in [5.41, 5.74) is 6.63. The molecule has 1 rings (SSSR count). The number of hydrogen-bond acceptors (Lipinski definition) is 5. The molecule has 1 unspecified atom stereocenters. The second-order valence-corrected chi connectivity index (χ2v) is 6.90. The van der Waals surface area contributed by atoms with E-state index in [4.69, 9.17) is 5.73 Å². The van der Waals surface area contributed by atoms with Gasteiger partial charge in [-0.1, -0.05) is 32.9 Å². The lowest BCUT2D eigenvalue weighted by Crippen LogP contribution is -2.30. The Morgan fingerprint density at radius 1 is 1.27 bits per heavy atom. The van der Waals surface area contributed by atoms with E-state index in [0.717, 1.165) is 0 Å². The number of rotatable bonds is 9. The molecule has 0 saturated heterocycles. The molecule has 0 aliphatic carbocycles. The summed E-state index contributed by atoms with van der Waals surface area (Å²) >= 11 is 0. The zero-order valence-electron chi connectivity index (χ0n) is 17.3. The molecule has 0 aliphatic heterocycles. The molecular weight excluding hydrogens is 401 g/mol. The van der Waals surface area contributed by atoms with Crippen LogP contribution < -0.4 is 21.1 Å². The number of carbonyl (C=O) groups is 2. The molecule has 1 heterocycles. The largest absolute Gasteiger partial charge is 0.468 e. The zero-order chi connectivity index (χ0) is 22.9. The topological polar surface area (TPSA) is 106 Å². The van der Waals surface area contributed by atoms with Crippen molar-refractivity contribution >= 4 is 11.8 Å². The molecule has 7 nitrogen and oxygen atoms in total. The maximum atomic E-state index is 12.7. The number of nitrogens with zero attached hydrogens (tertiary/aromatic N) is 1. The second kappa shape index (κ2) is 11.2. The lowest BCUT2D eigenvalue weighted by Gasteiger charge is -2.16. The first-order chi connectivity index (χ1) is 13.9. The SMILES string of the molecule is CCC(=O)N/C(N)=C/C(=C\C(C)C)C(=O)NC(C)c1ccc(OCC(F)(F)F)nc1. The molecular formula is C20H27F3N4O3. The number of aromatic nitrogens is 1. The molecule has 10 heteroatoms. The van der Waals surface area contributed by atoms with Crippen LogP contribution in [0.5, 0.6) is 5.88 Å². The highest BCUT2D eigenvalue weighted by atomic mass is 19.4. The van der Waals surface area contributed by atoms with Crippen LogP contribution in [0.1, 0.15) is 45.7 Å². The molecule has 0 aromatic carbocycles. The minimum absolute atomic E-state index is 0.0405. The summed E-state index contributed by atoms with van der Waals surface area (Å²) in [6.45, 7) is 5.71. The average Bonchev–Trinajstić information content (AvgIpc) is 2.65. The molecule has 0 spiro atoms. The normalized spacial score (nSPS) is 13.7. The Bertz CT molecular complexity index is 787. The molecule has 30 heavy (non-hydrogen) atoms. The monoisotopic (exact) mass is 428 g/mol. The van der Waals surface area contributed by atoms with Gasteiger partial charge in [-0.05, 0) is 24.5 Å². The van der Waals surface area contributed by atoms with E-state index in [2.05, 4.69) is 20.4 Å². The fraction of sp³-hybridized carbons (Fsp3) is 0.450. The van der Waals surface area contributed by atoms with Crippen molar-refractivity contribution in [1.29, 1.82) is 0 Å². The molecule has 0 radical (unpaired) electrons. The molecule has 0 saturated carbocycles. The Morgan fingerprint density at radius 3 is 2.43 bits per heavy atom. The molecule has 1 aromatic rings. The highest BCUT2D eigenvalue weighted by molar-refractivity contribution is 5.96. The number of pyridine rings is 1. The van der Waals surface area contributed by atoms with E-state index < -0.39 is 24.7 Å². The minimum Gasteiger partial charge on any atom is -0.468 e. The zero-order valence-corrected chi connectivity index (χ0v) is 17.3. The number of allylic oxidation sites excluding steroid dienone is 1. The van der Waals surface area contributed by atoms with Gasteiger partial charge in [-0.15, -0.1) is 0 Å². The summed E-state index contributed by atoms with van der Waals surface area (Å²) in [5.74, 6) is -0.789. The molecule has 1 atom stereocenters. The van der Waals surface area contributed by atoms with E-state index in [-0.39, 0.29) is 35.5 Å². The molecule has 0 aliphatic rings. The molecule has 1 aromatic heterocycles. The Kier molecular flexibility index (Phi) is 9.35. The fourth-order valence-electron chi connectivity index (χ4n) is 2.25. The number of alkyl halides is 3. The lowest BCUT2D eigenvalue weighted by molar-refractivity contribution is -0.154. The van der Waals surface area contributed by atoms with E-state index in [1.54, 1.807) is 19.9 Å². The molecule has 166 valence electrons. The van der Waals surface area contributed by atoms with Gasteiger partial charge in [0.25, 0.3) is 5.91 Å². The van der Waals surface area contributed by atoms with Gasteiger partial charge in [0.2, 0.25) is 11.8 Å². The quantitative estimate of drug-likeness (QED) is 0.414. The van der Waals surface area contributed by atoms with Gasteiger partial charge in [-0.2, -0.15) is 13.2 Å². The van der Waals surface area contributed by atoms with Crippen LogP contribution in [0.3, 0.4) is 0 Å². The number of nitrogens with one attached hydrogen (secondary N) is 2. The standard InChI is InChI=1S/C20H27F3N4O3/c1-5-17(28)27-16(24)9-15(8-12(2)3)19(29)26-13(4)14-6-7-18(25-10-14)30-11-20(21,22)23/h6-10,12-13H,5,11,24H2,1-4H3,(H,26,29)(H,27,28)/b15-8+,16-9+. The maximum absolute atomic E-state index is 12.7. The number of nitrogens with two attached hydrogens (primary N) is 1. The third-order valence-electron chi connectivity index (χ3n) is 3.68. The predicted octanol–water partition coefficient (Wildman–Crippen LogP) is 3.11. The summed E-state index contributed by atoms with van der Waals surface area (Å²) in [7, 11) is 0. The highest BCUT2D eigenvalue weighted by Crippen LogP contribution is 2.19. The van der Waals surface area contributed by atoms with Crippen molar-refractivity contribution in [3.8, 4) is 5.88 Å². The van der Waals surface area contributed by atoms with Crippen molar-refractivity contribution in [2.24, 2.45) is 11.7 Å². The third kappa shape index (κ3) is 9.44. The van der Waals surface area contributed by atoms with E-state index in [1.165, 1.54) is 24.4 Å². The second-order valence-electron chi connectivity index (χ2n) is 6.90. The summed E-state index contributed by atoms with van der Waals surface area (Å²) in [6, 6.07) is 2.32. The fourth-order valence-corrected chi connectivity index (χ4v) is 2.25. The van der Waals surface area contributed by atoms with E-state index >= 15 is 0 Å². The van der Waals surface area contributed by atoms with Crippen LogP contribution in [-0.2, 0) is 9.59 Å². The summed E-state index contributed by atoms with van der Waals surface area (Å²) < 4.78 is 41.2. The van der Waals surface area contributed by atoms with Gasteiger partial charge in [-0.25, -0.2) is 4.98 Å². The van der Waals surface area contributed by atoms with Gasteiger partial charge >= 0.3 is 6.18 Å². The van der Waals surface area contributed by atoms with Crippen LogP contribution in [0.25, 0.3) is 0 Å². The van der Waals surface area contributed by atoms with Crippen LogP contribution in [0.2, 0.25) is 0 Å². The van der Waals surface area contributed by atoms with Crippen molar-refractivity contribution in [3.05, 3.63) is 47.4 Å². The molecule has 0 fully saturated rings. The first-order valence-electron chi connectivity index (χ1n) is 9.36. The van der Waals surface area contributed by atoms with Crippen LogP contribution in [0, 0.1) is 5.92 Å². The Labute approximate surface area is 173 Å². The Hall–Kier alpha value is -3.04. The molecule has 0 bridgehead atoms. The third-order valence-corrected chi connectivity index (χ3v) is 3.68. The van der Waals surface area contributed by atoms with Crippen LogP contribution >= 0.6 is 0 Å². The Morgan fingerprint density at radius 2 is 1.93 bits per heavy atom. The van der Waals surface area contributed by atoms with E-state index in [0.29, 0.717) is 5.56 Å². The summed E-state index contributed by atoms with van der Waals surface area (Å²) in [6.07, 6.45) is 0.193. The first kappa shape index (κ1) is 25.0. The number of amides is 2. The highest BCUT2D eigenvalue weighted by Gasteiger charge is 2.28. The first-order valence-corrected chi connectivity index (χ1v) is 9.36. The van der Waals surface area contributed by atoms with Crippen LogP contribution in [0.15, 0.2) is 41.9 Å². The maximum Gasteiger partial charge on any atom is 0.422 e. The lowest BCUT2D eigenvalue weighted by atomic mass is 10.1. The number of halogens is 3. The van der Waals surface area contributed by atoms with Crippen LogP contribution in [-0.4, -0.2) is 29.6 Å².